The van der Waals surface area contributed by atoms with Gasteiger partial charge < -0.3 is 9.84 Å². The molecule has 94 valence electrons. The molecule has 1 aliphatic carbocycles. The van der Waals surface area contributed by atoms with Crippen LogP contribution < -0.4 is 4.74 Å². The van der Waals surface area contributed by atoms with Crippen LogP contribution in [-0.4, -0.2) is 12.2 Å². The highest BCUT2D eigenvalue weighted by molar-refractivity contribution is 5.39. The fourth-order valence-corrected chi connectivity index (χ4v) is 2.78. The van der Waals surface area contributed by atoms with E-state index in [9.17, 15) is 5.11 Å². The van der Waals surface area contributed by atoms with Gasteiger partial charge in [-0.2, -0.15) is 0 Å². The largest absolute Gasteiger partial charge is 0.497 e. The van der Waals surface area contributed by atoms with Crippen molar-refractivity contribution in [3.63, 3.8) is 0 Å². The second-order valence-electron chi connectivity index (χ2n) is 5.62. The Morgan fingerprint density at radius 2 is 2.00 bits per heavy atom. The molecule has 0 spiro atoms. The molecular formula is C15H22O2. The highest BCUT2D eigenvalue weighted by Gasteiger charge is 2.45. The van der Waals surface area contributed by atoms with Crippen molar-refractivity contribution >= 4 is 0 Å². The molecule has 1 aromatic carbocycles. The molecule has 0 amide bonds. The first-order valence-corrected chi connectivity index (χ1v) is 6.34. The minimum Gasteiger partial charge on any atom is -0.497 e. The second kappa shape index (κ2) is 4.34. The highest BCUT2D eigenvalue weighted by Crippen LogP contribution is 2.49. The van der Waals surface area contributed by atoms with Gasteiger partial charge in [0.25, 0.3) is 0 Å². The van der Waals surface area contributed by atoms with Crippen molar-refractivity contribution in [2.45, 2.75) is 39.2 Å². The summed E-state index contributed by atoms with van der Waals surface area (Å²) < 4.78 is 5.19. The summed E-state index contributed by atoms with van der Waals surface area (Å²) in [6.45, 7) is 6.49. The monoisotopic (exact) mass is 234 g/mol. The van der Waals surface area contributed by atoms with E-state index in [1.165, 1.54) is 0 Å². The van der Waals surface area contributed by atoms with E-state index in [1.807, 2.05) is 25.1 Å². The van der Waals surface area contributed by atoms with Crippen LogP contribution in [0.5, 0.6) is 5.75 Å². The third kappa shape index (κ3) is 2.19. The van der Waals surface area contributed by atoms with Crippen LogP contribution in [0.3, 0.4) is 0 Å². The van der Waals surface area contributed by atoms with Gasteiger partial charge in [-0.15, -0.1) is 0 Å². The van der Waals surface area contributed by atoms with E-state index in [0.29, 0.717) is 11.8 Å². The van der Waals surface area contributed by atoms with Crippen LogP contribution in [0.4, 0.5) is 0 Å². The van der Waals surface area contributed by atoms with Gasteiger partial charge in [0.05, 0.1) is 12.7 Å². The smallest absolute Gasteiger partial charge is 0.119 e. The Hall–Kier alpha value is -1.02. The molecule has 0 aliphatic heterocycles. The van der Waals surface area contributed by atoms with Crippen molar-refractivity contribution < 1.29 is 9.84 Å². The third-order valence-electron chi connectivity index (χ3n) is 4.08. The van der Waals surface area contributed by atoms with E-state index < -0.39 is 5.60 Å². The van der Waals surface area contributed by atoms with Crippen LogP contribution in [0.15, 0.2) is 18.2 Å². The zero-order valence-electron chi connectivity index (χ0n) is 11.2. The quantitative estimate of drug-likeness (QED) is 0.870. The molecule has 1 N–H and O–H groups in total. The van der Waals surface area contributed by atoms with Gasteiger partial charge >= 0.3 is 0 Å². The Balaban J connectivity index is 2.19. The van der Waals surface area contributed by atoms with Crippen LogP contribution in [0.25, 0.3) is 0 Å². The molecule has 1 aliphatic rings. The molecule has 2 rings (SSSR count). The van der Waals surface area contributed by atoms with Gasteiger partial charge in [0.2, 0.25) is 0 Å². The average molecular weight is 234 g/mol. The van der Waals surface area contributed by atoms with E-state index in [2.05, 4.69) is 13.8 Å². The lowest BCUT2D eigenvalue weighted by Gasteiger charge is -2.46. The lowest BCUT2D eigenvalue weighted by atomic mass is 9.63. The number of rotatable bonds is 3. The molecule has 17 heavy (non-hydrogen) atoms. The lowest BCUT2D eigenvalue weighted by Crippen LogP contribution is -2.43. The van der Waals surface area contributed by atoms with Gasteiger partial charge in [0, 0.05) is 0 Å². The van der Waals surface area contributed by atoms with Gasteiger partial charge in [-0.1, -0.05) is 19.9 Å². The Bertz CT molecular complexity index is 403. The second-order valence-corrected chi connectivity index (χ2v) is 5.62. The number of methoxy groups -OCH3 is 1. The fraction of sp³-hybridized carbons (Fsp3) is 0.600. The van der Waals surface area contributed by atoms with E-state index in [1.54, 1.807) is 7.11 Å². The highest BCUT2D eigenvalue weighted by atomic mass is 16.5. The number of hydrogen-bond acceptors (Lipinski definition) is 2. The topological polar surface area (TPSA) is 29.5 Å². The molecule has 1 aromatic rings. The molecule has 0 radical (unpaired) electrons. The van der Waals surface area contributed by atoms with Crippen molar-refractivity contribution in [2.24, 2.45) is 11.8 Å². The van der Waals surface area contributed by atoms with E-state index in [0.717, 1.165) is 29.7 Å². The predicted octanol–water partition coefficient (Wildman–Crippen LogP) is 3.26. The number of aliphatic hydroxyl groups is 1. The number of ether oxygens (including phenoxy) is 1. The molecule has 2 heteroatoms. The summed E-state index contributed by atoms with van der Waals surface area (Å²) in [5.74, 6) is 2.17. The molecule has 0 aromatic heterocycles. The molecule has 2 nitrogen and oxygen atoms in total. The lowest BCUT2D eigenvalue weighted by molar-refractivity contribution is -0.0938. The SMILES string of the molecule is COc1ccc(C2(O)CC(C(C)C)C2)c(C)c1. The Labute approximate surface area is 104 Å². The number of hydrogen-bond donors (Lipinski definition) is 1. The average Bonchev–Trinajstić information content (AvgIpc) is 2.24. The summed E-state index contributed by atoms with van der Waals surface area (Å²) in [6.07, 6.45) is 1.77. The summed E-state index contributed by atoms with van der Waals surface area (Å²) in [7, 11) is 1.67. The minimum atomic E-state index is -0.606. The van der Waals surface area contributed by atoms with E-state index in [-0.39, 0.29) is 0 Å². The summed E-state index contributed by atoms with van der Waals surface area (Å²) in [4.78, 5) is 0. The van der Waals surface area contributed by atoms with Crippen molar-refractivity contribution in [1.29, 1.82) is 0 Å². The predicted molar refractivity (Wildman–Crippen MR) is 69.2 cm³/mol. The molecule has 1 saturated carbocycles. The molecule has 1 fully saturated rings. The summed E-state index contributed by atoms with van der Waals surface area (Å²) in [5, 5.41) is 10.6. The van der Waals surface area contributed by atoms with Gasteiger partial charge in [-0.25, -0.2) is 0 Å². The van der Waals surface area contributed by atoms with E-state index in [4.69, 9.17) is 4.74 Å². The van der Waals surface area contributed by atoms with Crippen LogP contribution in [-0.2, 0) is 5.60 Å². The molecule has 0 bridgehead atoms. The van der Waals surface area contributed by atoms with Crippen LogP contribution in [0.2, 0.25) is 0 Å². The maximum absolute atomic E-state index is 10.6. The van der Waals surface area contributed by atoms with Gasteiger partial charge in [0.15, 0.2) is 0 Å². The number of aryl methyl sites for hydroxylation is 1. The zero-order chi connectivity index (χ0) is 12.6. The summed E-state index contributed by atoms with van der Waals surface area (Å²) >= 11 is 0. The molecular weight excluding hydrogens is 212 g/mol. The maximum atomic E-state index is 10.6. The number of benzene rings is 1. The van der Waals surface area contributed by atoms with E-state index >= 15 is 0 Å². The van der Waals surface area contributed by atoms with Crippen molar-refractivity contribution in [3.05, 3.63) is 29.3 Å². The van der Waals surface area contributed by atoms with Crippen molar-refractivity contribution in [2.75, 3.05) is 7.11 Å². The van der Waals surface area contributed by atoms with Crippen molar-refractivity contribution in [1.82, 2.24) is 0 Å². The van der Waals surface area contributed by atoms with Crippen molar-refractivity contribution in [3.8, 4) is 5.75 Å². The first-order valence-electron chi connectivity index (χ1n) is 6.34. The molecule has 0 unspecified atom stereocenters. The normalized spacial score (nSPS) is 28.0. The minimum absolute atomic E-state index is 0.606. The molecule has 0 saturated heterocycles. The summed E-state index contributed by atoms with van der Waals surface area (Å²) in [6, 6.07) is 5.93. The van der Waals surface area contributed by atoms with Gasteiger partial charge in [-0.05, 0) is 54.9 Å². The Morgan fingerprint density at radius 3 is 2.47 bits per heavy atom. The van der Waals surface area contributed by atoms with Crippen LogP contribution >= 0.6 is 0 Å². The first kappa shape index (κ1) is 12.4. The standard InChI is InChI=1S/C15H22O2/c1-10(2)12-8-15(16,9-12)14-6-5-13(17-4)7-11(14)3/h5-7,10,12,16H,8-9H2,1-4H3. The van der Waals surface area contributed by atoms with Gasteiger partial charge in [0.1, 0.15) is 5.75 Å². The Morgan fingerprint density at radius 1 is 1.35 bits per heavy atom. The van der Waals surface area contributed by atoms with Crippen LogP contribution in [0.1, 0.15) is 37.8 Å². The van der Waals surface area contributed by atoms with Crippen LogP contribution in [0, 0.1) is 18.8 Å². The Kier molecular flexibility index (Phi) is 3.17. The summed E-state index contributed by atoms with van der Waals surface area (Å²) in [5.41, 5.74) is 1.58. The zero-order valence-corrected chi connectivity index (χ0v) is 11.2. The fourth-order valence-electron chi connectivity index (χ4n) is 2.78. The first-order chi connectivity index (χ1) is 7.96. The molecule has 0 atom stereocenters. The maximum Gasteiger partial charge on any atom is 0.119 e. The third-order valence-corrected chi connectivity index (χ3v) is 4.08. The molecule has 0 heterocycles. The van der Waals surface area contributed by atoms with Gasteiger partial charge in [-0.3, -0.25) is 0 Å².